The molecule has 5 nitrogen and oxygen atoms in total. The van der Waals surface area contributed by atoms with Gasteiger partial charge in [-0.25, -0.2) is 9.97 Å². The van der Waals surface area contributed by atoms with Crippen molar-refractivity contribution in [1.82, 2.24) is 15.0 Å². The molecule has 8 aromatic carbocycles. The van der Waals surface area contributed by atoms with Gasteiger partial charge in [0.2, 0.25) is 0 Å². The molecule has 4 aromatic heterocycles. The molecule has 0 aliphatic heterocycles. The average molecular weight is 768 g/mol. The van der Waals surface area contributed by atoms with Gasteiger partial charge in [0.05, 0.1) is 11.4 Å². The second-order valence-electron chi connectivity index (χ2n) is 15.2. The summed E-state index contributed by atoms with van der Waals surface area (Å²) in [5, 5.41) is 6.65. The average Bonchev–Trinajstić information content (AvgIpc) is 3.89. The van der Waals surface area contributed by atoms with Crippen LogP contribution in [0.2, 0.25) is 0 Å². The Labute approximate surface area is 344 Å². The van der Waals surface area contributed by atoms with Gasteiger partial charge in [-0.3, -0.25) is 4.98 Å². The fourth-order valence-corrected chi connectivity index (χ4v) is 8.57. The molecular formula is C55H33N3O2. The highest BCUT2D eigenvalue weighted by atomic mass is 16.3. The Hall–Kier alpha value is -8.15. The third-order valence-corrected chi connectivity index (χ3v) is 11.6. The van der Waals surface area contributed by atoms with Crippen molar-refractivity contribution >= 4 is 54.6 Å². The van der Waals surface area contributed by atoms with Crippen molar-refractivity contribution in [2.45, 2.75) is 0 Å². The molecule has 0 bridgehead atoms. The molecule has 5 heteroatoms. The maximum atomic E-state index is 6.23. The van der Waals surface area contributed by atoms with Gasteiger partial charge in [0.25, 0.3) is 0 Å². The monoisotopic (exact) mass is 767 g/mol. The summed E-state index contributed by atoms with van der Waals surface area (Å²) in [5.41, 5.74) is 14.7. The zero-order valence-electron chi connectivity index (χ0n) is 32.2. The van der Waals surface area contributed by atoms with Crippen LogP contribution >= 0.6 is 0 Å². The van der Waals surface area contributed by atoms with Gasteiger partial charge in [0.1, 0.15) is 22.3 Å². The van der Waals surface area contributed by atoms with Gasteiger partial charge in [-0.05, 0) is 105 Å². The molecule has 12 aromatic rings. The van der Waals surface area contributed by atoms with Crippen molar-refractivity contribution in [2.24, 2.45) is 0 Å². The van der Waals surface area contributed by atoms with E-state index in [1.165, 1.54) is 10.9 Å². The van der Waals surface area contributed by atoms with E-state index in [0.717, 1.165) is 105 Å². The first-order chi connectivity index (χ1) is 29.7. The summed E-state index contributed by atoms with van der Waals surface area (Å²) in [6.45, 7) is 0. The maximum Gasteiger partial charge on any atom is 0.160 e. The van der Waals surface area contributed by atoms with Crippen molar-refractivity contribution in [1.29, 1.82) is 0 Å². The molecular weight excluding hydrogens is 735 g/mol. The minimum absolute atomic E-state index is 0.665. The fraction of sp³-hybridized carbons (Fsp3) is 0. The van der Waals surface area contributed by atoms with E-state index in [1.54, 1.807) is 0 Å². The summed E-state index contributed by atoms with van der Waals surface area (Å²) >= 11 is 0. The molecule has 4 heterocycles. The number of hydrogen-bond donors (Lipinski definition) is 0. The van der Waals surface area contributed by atoms with Crippen LogP contribution in [0.3, 0.4) is 0 Å². The highest BCUT2D eigenvalue weighted by Crippen LogP contribution is 2.39. The number of rotatable bonds is 6. The topological polar surface area (TPSA) is 65.0 Å². The normalized spacial score (nSPS) is 11.7. The molecule has 0 atom stereocenters. The first kappa shape index (κ1) is 33.9. The highest BCUT2D eigenvalue weighted by Gasteiger charge is 2.17. The Balaban J connectivity index is 1.04. The molecule has 0 saturated carbocycles. The third-order valence-electron chi connectivity index (χ3n) is 11.6. The summed E-state index contributed by atoms with van der Waals surface area (Å²) in [4.78, 5) is 14.8. The zero-order chi connectivity index (χ0) is 39.6. The van der Waals surface area contributed by atoms with E-state index in [1.807, 2.05) is 54.9 Å². The van der Waals surface area contributed by atoms with Crippen molar-refractivity contribution in [2.75, 3.05) is 0 Å². The minimum Gasteiger partial charge on any atom is -0.456 e. The van der Waals surface area contributed by atoms with Crippen molar-refractivity contribution in [3.05, 3.63) is 200 Å². The van der Waals surface area contributed by atoms with Gasteiger partial charge in [-0.1, -0.05) is 121 Å². The molecule has 0 amide bonds. The molecule has 0 N–H and O–H groups in total. The predicted molar refractivity (Wildman–Crippen MR) is 245 cm³/mol. The molecule has 0 aliphatic rings. The number of hydrogen-bond acceptors (Lipinski definition) is 5. The van der Waals surface area contributed by atoms with Crippen molar-refractivity contribution < 1.29 is 8.83 Å². The van der Waals surface area contributed by atoms with Gasteiger partial charge in [0.15, 0.2) is 5.82 Å². The Morgan fingerprint density at radius 2 is 0.867 bits per heavy atom. The standard InChI is InChI=1S/C55H33N3O2/c1-2-9-36(10-3-1)55-57-49(35-19-17-34(18-20-35)43-14-8-11-39-33-56-26-25-44(39)43)32-50(58-55)42-28-40(37-21-23-53-47(30-37)45-12-4-6-15-51(45)59-53)27-41(29-42)38-22-24-54-48(31-38)46-13-5-7-16-52(46)60-54/h1-33H. The van der Waals surface area contributed by atoms with Crippen LogP contribution in [-0.4, -0.2) is 15.0 Å². The summed E-state index contributed by atoms with van der Waals surface area (Å²) in [6, 6.07) is 65.6. The molecule has 280 valence electrons. The van der Waals surface area contributed by atoms with E-state index < -0.39 is 0 Å². The fourth-order valence-electron chi connectivity index (χ4n) is 8.57. The van der Waals surface area contributed by atoms with E-state index >= 15 is 0 Å². The summed E-state index contributed by atoms with van der Waals surface area (Å²) < 4.78 is 12.5. The number of aromatic nitrogens is 3. The smallest absolute Gasteiger partial charge is 0.160 e. The van der Waals surface area contributed by atoms with E-state index in [2.05, 4.69) is 151 Å². The highest BCUT2D eigenvalue weighted by molar-refractivity contribution is 6.08. The Morgan fingerprint density at radius 1 is 0.317 bits per heavy atom. The quantitative estimate of drug-likeness (QED) is 0.169. The van der Waals surface area contributed by atoms with Gasteiger partial charge < -0.3 is 8.83 Å². The van der Waals surface area contributed by atoms with Crippen molar-refractivity contribution in [3.63, 3.8) is 0 Å². The first-order valence-electron chi connectivity index (χ1n) is 20.1. The minimum atomic E-state index is 0.665. The lowest BCUT2D eigenvalue weighted by Gasteiger charge is -2.14. The van der Waals surface area contributed by atoms with Gasteiger partial charge >= 0.3 is 0 Å². The SMILES string of the molecule is c1ccc(-c2nc(-c3ccc(-c4cccc5cnccc45)cc3)cc(-c3cc(-c4ccc5oc6ccccc6c5c4)cc(-c4ccc5oc6ccccc6c5c4)c3)n2)cc1. The maximum absolute atomic E-state index is 6.23. The third kappa shape index (κ3) is 5.83. The Bertz CT molecular complexity index is 3470. The zero-order valence-corrected chi connectivity index (χ0v) is 32.2. The lowest BCUT2D eigenvalue weighted by Crippen LogP contribution is -1.96. The molecule has 0 unspecified atom stereocenters. The Morgan fingerprint density at radius 3 is 1.53 bits per heavy atom. The van der Waals surface area contributed by atoms with Crippen LogP contribution in [-0.2, 0) is 0 Å². The Kier molecular flexibility index (Phi) is 7.78. The van der Waals surface area contributed by atoms with Crippen LogP contribution in [0.5, 0.6) is 0 Å². The summed E-state index contributed by atoms with van der Waals surface area (Å²) in [5.74, 6) is 0.665. The van der Waals surface area contributed by atoms with E-state index in [4.69, 9.17) is 18.8 Å². The van der Waals surface area contributed by atoms with Crippen LogP contribution in [0.4, 0.5) is 0 Å². The summed E-state index contributed by atoms with van der Waals surface area (Å²) in [6.07, 6.45) is 3.76. The number of nitrogens with zero attached hydrogens (tertiary/aromatic N) is 3. The number of furan rings is 2. The number of para-hydroxylation sites is 2. The number of benzene rings is 8. The number of fused-ring (bicyclic) bond motifs is 7. The van der Waals surface area contributed by atoms with Crippen molar-refractivity contribution in [3.8, 4) is 67.3 Å². The molecule has 12 rings (SSSR count). The van der Waals surface area contributed by atoms with Crippen LogP contribution in [0.15, 0.2) is 209 Å². The van der Waals surface area contributed by atoms with E-state index in [0.29, 0.717) is 5.82 Å². The van der Waals surface area contributed by atoms with Crippen LogP contribution < -0.4 is 0 Å². The lowest BCUT2D eigenvalue weighted by molar-refractivity contribution is 0.668. The molecule has 60 heavy (non-hydrogen) atoms. The molecule has 0 saturated heterocycles. The molecule has 0 spiro atoms. The van der Waals surface area contributed by atoms with Crippen LogP contribution in [0.1, 0.15) is 0 Å². The lowest BCUT2D eigenvalue weighted by atomic mass is 9.93. The van der Waals surface area contributed by atoms with E-state index in [-0.39, 0.29) is 0 Å². The second kappa shape index (κ2) is 13.8. The predicted octanol–water partition coefficient (Wildman–Crippen LogP) is 14.8. The summed E-state index contributed by atoms with van der Waals surface area (Å²) in [7, 11) is 0. The first-order valence-corrected chi connectivity index (χ1v) is 20.1. The second-order valence-corrected chi connectivity index (χ2v) is 15.2. The van der Waals surface area contributed by atoms with Gasteiger partial charge in [-0.15, -0.1) is 0 Å². The largest absolute Gasteiger partial charge is 0.456 e. The van der Waals surface area contributed by atoms with Gasteiger partial charge in [-0.2, -0.15) is 0 Å². The molecule has 0 radical (unpaired) electrons. The van der Waals surface area contributed by atoms with Crippen LogP contribution in [0.25, 0.3) is 122 Å². The van der Waals surface area contributed by atoms with E-state index in [9.17, 15) is 0 Å². The molecule has 0 aliphatic carbocycles. The molecule has 0 fully saturated rings. The number of pyridine rings is 1. The van der Waals surface area contributed by atoms with Crippen LogP contribution in [0, 0.1) is 0 Å². The van der Waals surface area contributed by atoms with Gasteiger partial charge in [0, 0.05) is 56.0 Å².